The molecule has 2 amide bonds. The van der Waals surface area contributed by atoms with Crippen LogP contribution in [0.15, 0.2) is 77.7 Å². The van der Waals surface area contributed by atoms with Crippen molar-refractivity contribution in [3.05, 3.63) is 94.5 Å². The van der Waals surface area contributed by atoms with Crippen LogP contribution in [-0.2, 0) is 26.2 Å². The van der Waals surface area contributed by atoms with Gasteiger partial charge in [-0.15, -0.1) is 0 Å². The predicted molar refractivity (Wildman–Crippen MR) is 142 cm³/mol. The number of nitrogens with one attached hydrogen (secondary N) is 1. The van der Waals surface area contributed by atoms with Crippen molar-refractivity contribution in [1.29, 1.82) is 0 Å². The highest BCUT2D eigenvalue weighted by Gasteiger charge is 2.32. The van der Waals surface area contributed by atoms with Gasteiger partial charge in [0, 0.05) is 18.6 Å². The third kappa shape index (κ3) is 6.25. The number of rotatable bonds is 9. The first-order valence-corrected chi connectivity index (χ1v) is 13.3. The lowest BCUT2D eigenvalue weighted by molar-refractivity contribution is -0.139. The Bertz CT molecular complexity index is 1350. The first kappa shape index (κ1) is 27.2. The molecule has 190 valence electrons. The van der Waals surface area contributed by atoms with Crippen LogP contribution in [0.3, 0.4) is 0 Å². The molecule has 0 saturated heterocycles. The van der Waals surface area contributed by atoms with Gasteiger partial charge in [0.05, 0.1) is 10.6 Å². The van der Waals surface area contributed by atoms with Crippen LogP contribution in [0.4, 0.5) is 5.69 Å². The second kappa shape index (κ2) is 11.6. The molecule has 3 rings (SSSR count). The van der Waals surface area contributed by atoms with Crippen molar-refractivity contribution in [1.82, 2.24) is 10.2 Å². The lowest BCUT2D eigenvalue weighted by atomic mass is 10.1. The van der Waals surface area contributed by atoms with Gasteiger partial charge in [-0.1, -0.05) is 54.1 Å². The van der Waals surface area contributed by atoms with Crippen LogP contribution in [0.2, 0.25) is 5.02 Å². The van der Waals surface area contributed by atoms with Gasteiger partial charge >= 0.3 is 0 Å². The first-order chi connectivity index (χ1) is 17.0. The number of aryl methyl sites for hydroxylation is 2. The van der Waals surface area contributed by atoms with Gasteiger partial charge in [-0.25, -0.2) is 8.42 Å². The van der Waals surface area contributed by atoms with E-state index >= 15 is 0 Å². The quantitative estimate of drug-likeness (QED) is 0.449. The van der Waals surface area contributed by atoms with Crippen molar-refractivity contribution in [3.63, 3.8) is 0 Å². The first-order valence-electron chi connectivity index (χ1n) is 11.4. The van der Waals surface area contributed by atoms with Crippen LogP contribution < -0.4 is 9.62 Å². The monoisotopic (exact) mass is 527 g/mol. The lowest BCUT2D eigenvalue weighted by Gasteiger charge is -2.32. The van der Waals surface area contributed by atoms with Crippen LogP contribution >= 0.6 is 11.6 Å². The van der Waals surface area contributed by atoms with Gasteiger partial charge < -0.3 is 10.2 Å². The van der Waals surface area contributed by atoms with E-state index in [9.17, 15) is 18.0 Å². The van der Waals surface area contributed by atoms with E-state index in [-0.39, 0.29) is 17.3 Å². The van der Waals surface area contributed by atoms with Gasteiger partial charge in [-0.05, 0) is 67.8 Å². The molecule has 0 aliphatic heterocycles. The van der Waals surface area contributed by atoms with Crippen LogP contribution in [0.25, 0.3) is 0 Å². The Labute approximate surface area is 217 Å². The highest BCUT2D eigenvalue weighted by atomic mass is 35.5. The fraction of sp³-hybridized carbons (Fsp3) is 0.259. The van der Waals surface area contributed by atoms with Crippen molar-refractivity contribution < 1.29 is 18.0 Å². The average molecular weight is 528 g/mol. The number of anilines is 1. The second-order valence-corrected chi connectivity index (χ2v) is 10.9. The third-order valence-corrected chi connectivity index (χ3v) is 7.91. The molecule has 3 aromatic rings. The Morgan fingerprint density at radius 1 is 0.972 bits per heavy atom. The maximum atomic E-state index is 13.8. The molecule has 7 nitrogen and oxygen atoms in total. The van der Waals surface area contributed by atoms with Crippen molar-refractivity contribution in [2.45, 2.75) is 38.3 Å². The average Bonchev–Trinajstić information content (AvgIpc) is 2.86. The summed E-state index contributed by atoms with van der Waals surface area (Å²) >= 11 is 6.13. The molecule has 0 aliphatic carbocycles. The molecule has 1 N–H and O–H groups in total. The van der Waals surface area contributed by atoms with E-state index in [4.69, 9.17) is 11.6 Å². The van der Waals surface area contributed by atoms with E-state index < -0.39 is 28.5 Å². The number of carbonyl (C=O) groups excluding carboxylic acids is 2. The molecule has 0 heterocycles. The molecule has 3 aromatic carbocycles. The number of hydrogen-bond acceptors (Lipinski definition) is 4. The minimum absolute atomic E-state index is 0.0689. The number of likely N-dealkylation sites (N-methyl/N-ethyl adjacent to an activating group) is 1. The minimum Gasteiger partial charge on any atom is -0.357 e. The van der Waals surface area contributed by atoms with Gasteiger partial charge in [0.1, 0.15) is 12.6 Å². The van der Waals surface area contributed by atoms with Crippen molar-refractivity contribution >= 4 is 39.1 Å². The zero-order chi connectivity index (χ0) is 26.5. The van der Waals surface area contributed by atoms with E-state index in [1.165, 1.54) is 24.1 Å². The molecule has 0 spiro atoms. The summed E-state index contributed by atoms with van der Waals surface area (Å²) in [6.07, 6.45) is 0. The van der Waals surface area contributed by atoms with Gasteiger partial charge in [0.25, 0.3) is 10.0 Å². The number of benzene rings is 3. The lowest BCUT2D eigenvalue weighted by Crippen LogP contribution is -2.50. The summed E-state index contributed by atoms with van der Waals surface area (Å²) < 4.78 is 28.7. The van der Waals surface area contributed by atoms with E-state index in [0.717, 1.165) is 15.4 Å². The standard InChI is InChI=1S/C27H30ClN3O4S/c1-19-13-14-20(2)25(15-19)31(36(34,35)24-11-6-5-7-12-24)18-26(32)30(21(3)27(33)29-4)17-22-9-8-10-23(28)16-22/h5-16,21H,17-18H2,1-4H3,(H,29,33)/t21-/m0/s1. The second-order valence-electron chi connectivity index (χ2n) is 8.56. The summed E-state index contributed by atoms with van der Waals surface area (Å²) in [6, 6.07) is 19.6. The Hall–Kier alpha value is -3.36. The Balaban J connectivity index is 2.07. The van der Waals surface area contributed by atoms with Gasteiger partial charge in [0.15, 0.2) is 0 Å². The Morgan fingerprint density at radius 3 is 2.31 bits per heavy atom. The van der Waals surface area contributed by atoms with Gasteiger partial charge in [-0.3, -0.25) is 13.9 Å². The fourth-order valence-electron chi connectivity index (χ4n) is 3.84. The van der Waals surface area contributed by atoms with Crippen LogP contribution in [-0.4, -0.2) is 44.8 Å². The molecule has 0 aromatic heterocycles. The van der Waals surface area contributed by atoms with Gasteiger partial charge in [-0.2, -0.15) is 0 Å². The fourth-order valence-corrected chi connectivity index (χ4v) is 5.55. The molecule has 0 saturated carbocycles. The maximum absolute atomic E-state index is 13.8. The maximum Gasteiger partial charge on any atom is 0.264 e. The Morgan fingerprint density at radius 2 is 1.67 bits per heavy atom. The highest BCUT2D eigenvalue weighted by molar-refractivity contribution is 7.92. The predicted octanol–water partition coefficient (Wildman–Crippen LogP) is 4.32. The molecule has 0 aliphatic rings. The normalized spacial score (nSPS) is 12.0. The number of nitrogens with zero attached hydrogens (tertiary/aromatic N) is 2. The van der Waals surface area contributed by atoms with Gasteiger partial charge in [0.2, 0.25) is 11.8 Å². The SMILES string of the molecule is CNC(=O)[C@H](C)N(Cc1cccc(Cl)c1)C(=O)CN(c1cc(C)ccc1C)S(=O)(=O)c1ccccc1. The summed E-state index contributed by atoms with van der Waals surface area (Å²) in [5, 5.41) is 3.06. The molecule has 0 fully saturated rings. The third-order valence-electron chi connectivity index (χ3n) is 5.90. The van der Waals surface area contributed by atoms with E-state index in [2.05, 4.69) is 5.32 Å². The molecular formula is C27H30ClN3O4S. The van der Waals surface area contributed by atoms with Crippen LogP contribution in [0, 0.1) is 13.8 Å². The van der Waals surface area contributed by atoms with E-state index in [1.807, 2.05) is 19.1 Å². The molecule has 0 radical (unpaired) electrons. The molecule has 1 atom stereocenters. The van der Waals surface area contributed by atoms with Crippen LogP contribution in [0.5, 0.6) is 0 Å². The topological polar surface area (TPSA) is 86.8 Å². The van der Waals surface area contributed by atoms with Crippen molar-refractivity contribution in [2.24, 2.45) is 0 Å². The molecule has 36 heavy (non-hydrogen) atoms. The minimum atomic E-state index is -4.09. The summed E-state index contributed by atoms with van der Waals surface area (Å²) in [7, 11) is -2.60. The molecule has 0 unspecified atom stereocenters. The summed E-state index contributed by atoms with van der Waals surface area (Å²) in [4.78, 5) is 27.7. The zero-order valence-electron chi connectivity index (χ0n) is 20.7. The van der Waals surface area contributed by atoms with E-state index in [0.29, 0.717) is 16.3 Å². The summed E-state index contributed by atoms with van der Waals surface area (Å²) in [5.41, 5.74) is 2.68. The molecule has 0 bridgehead atoms. The largest absolute Gasteiger partial charge is 0.357 e. The van der Waals surface area contributed by atoms with Crippen molar-refractivity contribution in [2.75, 3.05) is 17.9 Å². The van der Waals surface area contributed by atoms with Crippen LogP contribution in [0.1, 0.15) is 23.6 Å². The number of carbonyl (C=O) groups is 2. The summed E-state index contributed by atoms with van der Waals surface area (Å²) in [6.45, 7) is 4.86. The van der Waals surface area contributed by atoms with Crippen molar-refractivity contribution in [3.8, 4) is 0 Å². The number of hydrogen-bond donors (Lipinski definition) is 1. The molecular weight excluding hydrogens is 498 g/mol. The highest BCUT2D eigenvalue weighted by Crippen LogP contribution is 2.28. The summed E-state index contributed by atoms with van der Waals surface area (Å²) in [5.74, 6) is -0.888. The van der Waals surface area contributed by atoms with E-state index in [1.54, 1.807) is 62.4 Å². The molecule has 9 heteroatoms. The zero-order valence-corrected chi connectivity index (χ0v) is 22.3. The Kier molecular flexibility index (Phi) is 8.76. The number of amides is 2. The number of sulfonamides is 1. The smallest absolute Gasteiger partial charge is 0.264 e. The number of halogens is 1.